The van der Waals surface area contributed by atoms with Gasteiger partial charge in [0, 0.05) is 30.6 Å². The number of benzene rings is 2. The number of hydrazone groups is 1. The third-order valence-corrected chi connectivity index (χ3v) is 4.68. The molecule has 6 nitrogen and oxygen atoms in total. The van der Waals surface area contributed by atoms with Gasteiger partial charge in [0.05, 0.1) is 13.7 Å². The van der Waals surface area contributed by atoms with Crippen LogP contribution in [0.1, 0.15) is 32.3 Å². The zero-order valence-corrected chi connectivity index (χ0v) is 16.8. The van der Waals surface area contributed by atoms with Crippen molar-refractivity contribution in [1.82, 2.24) is 5.01 Å². The van der Waals surface area contributed by atoms with Gasteiger partial charge in [0.1, 0.15) is 5.71 Å². The van der Waals surface area contributed by atoms with Crippen molar-refractivity contribution in [3.63, 3.8) is 0 Å². The van der Waals surface area contributed by atoms with Gasteiger partial charge in [-0.15, -0.1) is 0 Å². The zero-order valence-electron chi connectivity index (χ0n) is 16.8. The van der Waals surface area contributed by atoms with Gasteiger partial charge in [-0.05, 0) is 31.5 Å². The summed E-state index contributed by atoms with van der Waals surface area (Å²) in [6.07, 6.45) is 0.463. The van der Waals surface area contributed by atoms with Crippen LogP contribution < -0.4 is 9.64 Å². The number of carbonyl (C=O) groups excluding carboxylic acids is 2. The van der Waals surface area contributed by atoms with Crippen molar-refractivity contribution >= 4 is 23.2 Å². The molecule has 0 saturated carbocycles. The summed E-state index contributed by atoms with van der Waals surface area (Å²) in [5.41, 5.74) is 1.62. The molecule has 0 N–H and O–H groups in total. The fourth-order valence-electron chi connectivity index (χ4n) is 3.23. The highest BCUT2D eigenvalue weighted by Gasteiger charge is 2.30. The highest BCUT2D eigenvalue weighted by atomic mass is 19.1. The van der Waals surface area contributed by atoms with Crippen molar-refractivity contribution < 1.29 is 18.7 Å². The molecule has 152 valence electrons. The summed E-state index contributed by atoms with van der Waals surface area (Å²) in [6.45, 7) is 3.99. The Kier molecular flexibility index (Phi) is 6.26. The van der Waals surface area contributed by atoms with Crippen molar-refractivity contribution in [1.29, 1.82) is 0 Å². The van der Waals surface area contributed by atoms with Crippen LogP contribution in [-0.2, 0) is 16.1 Å². The Morgan fingerprint density at radius 2 is 1.93 bits per heavy atom. The minimum Gasteiger partial charge on any atom is -0.494 e. The Hall–Kier alpha value is -3.22. The van der Waals surface area contributed by atoms with Crippen LogP contribution in [0.4, 0.5) is 10.1 Å². The smallest absolute Gasteiger partial charge is 0.274 e. The normalized spacial score (nSPS) is 14.0. The molecule has 29 heavy (non-hydrogen) atoms. The molecule has 7 heteroatoms. The van der Waals surface area contributed by atoms with Crippen LogP contribution in [0.15, 0.2) is 53.6 Å². The van der Waals surface area contributed by atoms with Gasteiger partial charge in [0.25, 0.3) is 5.91 Å². The largest absolute Gasteiger partial charge is 0.494 e. The van der Waals surface area contributed by atoms with E-state index in [0.717, 1.165) is 5.56 Å². The van der Waals surface area contributed by atoms with E-state index in [1.165, 1.54) is 29.2 Å². The lowest BCUT2D eigenvalue weighted by Gasteiger charge is -2.30. The number of halogens is 1. The van der Waals surface area contributed by atoms with Gasteiger partial charge in [0.2, 0.25) is 5.91 Å². The number of amides is 2. The van der Waals surface area contributed by atoms with Gasteiger partial charge in [0.15, 0.2) is 11.6 Å². The SMILES string of the molecule is COc1ccc(N(C(=O)C2=NN(Cc3ccccc3)C(=O)CC2)C(C)C)cc1F. The summed E-state index contributed by atoms with van der Waals surface area (Å²) in [4.78, 5) is 27.0. The van der Waals surface area contributed by atoms with Crippen molar-refractivity contribution in [2.45, 2.75) is 39.3 Å². The molecule has 0 radical (unpaired) electrons. The van der Waals surface area contributed by atoms with E-state index in [2.05, 4.69) is 5.10 Å². The molecule has 2 amide bonds. The van der Waals surface area contributed by atoms with Crippen LogP contribution in [0.5, 0.6) is 5.75 Å². The molecule has 0 spiro atoms. The standard InChI is InChI=1S/C22H24FN3O3/c1-15(2)26(17-9-11-20(29-3)18(23)13-17)22(28)19-10-12-21(27)25(24-19)14-16-7-5-4-6-8-16/h4-9,11,13,15H,10,12,14H2,1-3H3. The summed E-state index contributed by atoms with van der Waals surface area (Å²) >= 11 is 0. The third-order valence-electron chi connectivity index (χ3n) is 4.68. The lowest BCUT2D eigenvalue weighted by atomic mass is 10.1. The summed E-state index contributed by atoms with van der Waals surface area (Å²) in [5, 5.41) is 5.67. The number of nitrogens with zero attached hydrogens (tertiary/aromatic N) is 3. The topological polar surface area (TPSA) is 62.2 Å². The van der Waals surface area contributed by atoms with Gasteiger partial charge in [-0.3, -0.25) is 9.59 Å². The number of ether oxygens (including phenoxy) is 1. The molecule has 0 unspecified atom stereocenters. The Morgan fingerprint density at radius 3 is 2.55 bits per heavy atom. The molecule has 0 bridgehead atoms. The highest BCUT2D eigenvalue weighted by Crippen LogP contribution is 2.26. The summed E-state index contributed by atoms with van der Waals surface area (Å²) in [6, 6.07) is 13.6. The highest BCUT2D eigenvalue weighted by molar-refractivity contribution is 6.44. The first-order valence-electron chi connectivity index (χ1n) is 9.49. The zero-order chi connectivity index (χ0) is 21.0. The van der Waals surface area contributed by atoms with Crippen LogP contribution in [-0.4, -0.2) is 35.7 Å². The predicted molar refractivity (Wildman–Crippen MR) is 109 cm³/mol. The average molecular weight is 397 g/mol. The lowest BCUT2D eigenvalue weighted by molar-refractivity contribution is -0.132. The lowest BCUT2D eigenvalue weighted by Crippen LogP contribution is -2.44. The van der Waals surface area contributed by atoms with Gasteiger partial charge >= 0.3 is 0 Å². The Balaban J connectivity index is 1.88. The van der Waals surface area contributed by atoms with Gasteiger partial charge in [-0.2, -0.15) is 5.10 Å². The minimum absolute atomic E-state index is 0.111. The Bertz CT molecular complexity index is 928. The second kappa shape index (κ2) is 8.86. The maximum Gasteiger partial charge on any atom is 0.274 e. The first kappa shape index (κ1) is 20.5. The number of anilines is 1. The number of rotatable bonds is 6. The first-order valence-corrected chi connectivity index (χ1v) is 9.49. The van der Waals surface area contributed by atoms with Crippen molar-refractivity contribution in [2.24, 2.45) is 5.10 Å². The Labute approximate surface area is 169 Å². The average Bonchev–Trinajstić information content (AvgIpc) is 2.70. The van der Waals surface area contributed by atoms with Crippen LogP contribution >= 0.6 is 0 Å². The molecule has 1 heterocycles. The van der Waals surface area contributed by atoms with Crippen LogP contribution in [0, 0.1) is 5.82 Å². The number of methoxy groups -OCH3 is 1. The molecule has 0 fully saturated rings. The molecule has 2 aromatic rings. The number of hydrogen-bond donors (Lipinski definition) is 0. The van der Waals surface area contributed by atoms with Crippen LogP contribution in [0.25, 0.3) is 0 Å². The summed E-state index contributed by atoms with van der Waals surface area (Å²) in [5.74, 6) is -0.901. The first-order chi connectivity index (χ1) is 13.9. The molecular weight excluding hydrogens is 373 g/mol. The van der Waals surface area contributed by atoms with E-state index in [0.29, 0.717) is 12.2 Å². The number of hydrogen-bond acceptors (Lipinski definition) is 4. The van der Waals surface area contributed by atoms with E-state index in [1.807, 2.05) is 44.2 Å². The molecular formula is C22H24FN3O3. The van der Waals surface area contributed by atoms with Crippen molar-refractivity contribution in [2.75, 3.05) is 12.0 Å². The second-order valence-corrected chi connectivity index (χ2v) is 7.07. The van der Waals surface area contributed by atoms with Gasteiger partial charge in [-0.25, -0.2) is 9.40 Å². The maximum atomic E-state index is 14.2. The quantitative estimate of drug-likeness (QED) is 0.746. The third kappa shape index (κ3) is 4.62. The van der Waals surface area contributed by atoms with Crippen molar-refractivity contribution in [3.8, 4) is 5.75 Å². The van der Waals surface area contributed by atoms with Gasteiger partial charge in [-0.1, -0.05) is 30.3 Å². The molecule has 1 aliphatic rings. The van der Waals surface area contributed by atoms with Gasteiger partial charge < -0.3 is 9.64 Å². The molecule has 1 aliphatic heterocycles. The van der Waals surface area contributed by atoms with E-state index in [-0.39, 0.29) is 42.2 Å². The van der Waals surface area contributed by atoms with E-state index in [1.54, 1.807) is 6.07 Å². The summed E-state index contributed by atoms with van der Waals surface area (Å²) in [7, 11) is 1.39. The molecule has 0 aromatic heterocycles. The maximum absolute atomic E-state index is 14.2. The van der Waals surface area contributed by atoms with Crippen LogP contribution in [0.3, 0.4) is 0 Å². The fourth-order valence-corrected chi connectivity index (χ4v) is 3.23. The van der Waals surface area contributed by atoms with E-state index >= 15 is 0 Å². The number of carbonyl (C=O) groups is 2. The van der Waals surface area contributed by atoms with E-state index in [9.17, 15) is 14.0 Å². The molecule has 0 atom stereocenters. The summed E-state index contributed by atoms with van der Waals surface area (Å²) < 4.78 is 19.1. The molecule has 3 rings (SSSR count). The predicted octanol–water partition coefficient (Wildman–Crippen LogP) is 3.75. The molecule has 0 aliphatic carbocycles. The fraction of sp³-hybridized carbons (Fsp3) is 0.318. The molecule has 2 aromatic carbocycles. The van der Waals surface area contributed by atoms with Crippen LogP contribution in [0.2, 0.25) is 0 Å². The van der Waals surface area contributed by atoms with E-state index < -0.39 is 5.82 Å². The Morgan fingerprint density at radius 1 is 1.21 bits per heavy atom. The molecule has 0 saturated heterocycles. The van der Waals surface area contributed by atoms with E-state index in [4.69, 9.17) is 4.74 Å². The monoisotopic (exact) mass is 397 g/mol. The second-order valence-electron chi connectivity index (χ2n) is 7.07. The minimum atomic E-state index is -0.546. The van der Waals surface area contributed by atoms with Crippen molar-refractivity contribution in [3.05, 3.63) is 59.9 Å².